The molecule has 2 saturated heterocycles. The van der Waals surface area contributed by atoms with Gasteiger partial charge in [0.05, 0.1) is 39.4 Å². The number of anilines is 1. The van der Waals surface area contributed by atoms with Gasteiger partial charge >= 0.3 is 0 Å². The van der Waals surface area contributed by atoms with Gasteiger partial charge in [0.1, 0.15) is 36.6 Å². The van der Waals surface area contributed by atoms with Gasteiger partial charge < -0.3 is 40.3 Å². The largest absolute Gasteiger partial charge is 0.489 e. The van der Waals surface area contributed by atoms with Crippen LogP contribution >= 0.6 is 22.9 Å². The van der Waals surface area contributed by atoms with E-state index in [1.54, 1.807) is 29.5 Å². The number of aryl methyl sites for hydroxylation is 1. The number of aromatic nitrogens is 1. The lowest BCUT2D eigenvalue weighted by molar-refractivity contribution is -0.164. The summed E-state index contributed by atoms with van der Waals surface area (Å²) in [4.78, 5) is 63.5. The third-order valence-corrected chi connectivity index (χ3v) is 15.1. The first-order valence-electron chi connectivity index (χ1n) is 23.3. The Kier molecular flexibility index (Phi) is 15.2. The van der Waals surface area contributed by atoms with Crippen molar-refractivity contribution in [3.63, 3.8) is 0 Å². The van der Waals surface area contributed by atoms with E-state index in [2.05, 4.69) is 59.6 Å². The maximum absolute atomic E-state index is 14.1. The van der Waals surface area contributed by atoms with Crippen LogP contribution in [0.3, 0.4) is 0 Å². The minimum Gasteiger partial charge on any atom is -0.489 e. The van der Waals surface area contributed by atoms with Gasteiger partial charge in [0, 0.05) is 66.8 Å². The number of aliphatic hydroxyl groups is 1. The Morgan fingerprint density at radius 2 is 1.68 bits per heavy atom. The average Bonchev–Trinajstić information content (AvgIpc) is 3.93. The molecule has 4 N–H and O–H groups in total. The number of carbonyl (C=O) groups excluding carboxylic acids is 4. The van der Waals surface area contributed by atoms with Crippen LogP contribution in [-0.2, 0) is 25.7 Å². The molecule has 2 aliphatic heterocycles. The number of thiazole rings is 1. The second kappa shape index (κ2) is 20.6. The van der Waals surface area contributed by atoms with E-state index in [0.717, 1.165) is 53.3 Å². The summed E-state index contributed by atoms with van der Waals surface area (Å²) in [5, 5.41) is 29.3. The zero-order valence-electron chi connectivity index (χ0n) is 40.2. The molecular formula is C52H64ClN7O7S. The Bertz CT molecular complexity index is 2490. The normalized spacial score (nSPS) is 21.5. The van der Waals surface area contributed by atoms with Gasteiger partial charge in [-0.15, -0.1) is 11.3 Å². The molecule has 0 spiro atoms. The van der Waals surface area contributed by atoms with E-state index in [-0.39, 0.29) is 66.8 Å². The van der Waals surface area contributed by atoms with Crippen LogP contribution in [0.4, 0.5) is 5.69 Å². The van der Waals surface area contributed by atoms with Gasteiger partial charge in [-0.2, -0.15) is 5.26 Å². The van der Waals surface area contributed by atoms with Crippen LogP contribution in [0.5, 0.6) is 5.75 Å². The molecule has 1 aliphatic carbocycles. The summed E-state index contributed by atoms with van der Waals surface area (Å²) in [6.07, 6.45) is 0.741. The molecule has 4 amide bonds. The number of ether oxygens (including phenoxy) is 2. The van der Waals surface area contributed by atoms with Crippen LogP contribution in [-0.4, -0.2) is 102 Å². The number of rotatable bonds is 15. The number of halogens is 1. The molecule has 0 radical (unpaired) electrons. The predicted octanol–water partition coefficient (Wildman–Crippen LogP) is 7.30. The Labute approximate surface area is 408 Å². The van der Waals surface area contributed by atoms with Crippen molar-refractivity contribution in [2.45, 2.75) is 112 Å². The number of piperidine rings is 1. The van der Waals surface area contributed by atoms with Gasteiger partial charge in [0.25, 0.3) is 5.91 Å². The van der Waals surface area contributed by atoms with Crippen molar-refractivity contribution in [1.29, 1.82) is 5.26 Å². The average molecular weight is 967 g/mol. The van der Waals surface area contributed by atoms with E-state index < -0.39 is 35.4 Å². The quantitative estimate of drug-likeness (QED) is 0.0943. The molecule has 0 unspecified atom stereocenters. The molecule has 7 rings (SSSR count). The van der Waals surface area contributed by atoms with Crippen LogP contribution in [0.25, 0.3) is 10.4 Å². The summed E-state index contributed by atoms with van der Waals surface area (Å²) >= 11 is 7.83. The number of hydrogen-bond donors (Lipinski definition) is 4. The summed E-state index contributed by atoms with van der Waals surface area (Å²) in [5.74, 6) is -0.547. The van der Waals surface area contributed by atoms with Gasteiger partial charge in [0.2, 0.25) is 17.7 Å². The van der Waals surface area contributed by atoms with Crippen LogP contribution in [0.2, 0.25) is 5.02 Å². The van der Waals surface area contributed by atoms with Crippen LogP contribution < -0.4 is 25.6 Å². The minimum atomic E-state index is -0.951. The van der Waals surface area contributed by atoms with Crippen molar-refractivity contribution in [2.24, 2.45) is 22.2 Å². The number of benzene rings is 3. The molecule has 3 aromatic carbocycles. The van der Waals surface area contributed by atoms with Crippen molar-refractivity contribution < 1.29 is 33.8 Å². The second-order valence-corrected chi connectivity index (χ2v) is 22.0. The lowest BCUT2D eigenvalue weighted by Gasteiger charge is -2.63. The maximum Gasteiger partial charge on any atom is 0.251 e. The number of hydrogen-bond acceptors (Lipinski definition) is 11. The molecule has 4 aromatic rings. The van der Waals surface area contributed by atoms with E-state index in [1.165, 1.54) is 4.90 Å². The molecule has 3 fully saturated rings. The SMILES string of the molecule is Cc1ncsc1-c1ccc(CNC(=O)[C@@H]2C[C@@H](O)CN2C(=O)[C@@H](NC(=O)COCC2CCN(c3ccc(C(=O)N[C@H]4C(C)(C)[C@H](Oc5ccc(C#N)c(Cl)c5)C4(C)C)cc3)CC2)C(C)(C)C)cc1. The summed E-state index contributed by atoms with van der Waals surface area (Å²) in [5.41, 5.74) is 5.25. The highest BCUT2D eigenvalue weighted by Gasteiger charge is 2.64. The van der Waals surface area contributed by atoms with Crippen molar-refractivity contribution in [3.05, 3.63) is 99.6 Å². The predicted molar refractivity (Wildman–Crippen MR) is 263 cm³/mol. The standard InChI is InChI=1S/C52H64ClN7O7S/c1-31-43(68-30-56-31)34-11-9-32(10-12-34)26-55-46(64)41-23-38(61)27-60(41)47(65)44(50(2,3)4)57-42(62)29-66-28-33-19-21-59(22-20-33)37-16-13-35(14-17-37)45(63)58-48-51(5,6)49(52(48,7)8)67-39-18-15-36(25-54)40(53)24-39/h9-18,24,30,33,38,41,44,48-49,61H,19-23,26-29H2,1-8H3,(H,55,64)(H,57,62)(H,58,63)/t38-,41+,44-,48-,49-/m1/s1. The number of amides is 4. The summed E-state index contributed by atoms with van der Waals surface area (Å²) in [6, 6.07) is 20.7. The molecule has 3 atom stereocenters. The third-order valence-electron chi connectivity index (χ3n) is 13.8. The van der Waals surface area contributed by atoms with Crippen molar-refractivity contribution >= 4 is 52.3 Å². The fraction of sp³-hybridized carbons (Fsp3) is 0.500. The van der Waals surface area contributed by atoms with Crippen LogP contribution in [0.15, 0.2) is 72.2 Å². The van der Waals surface area contributed by atoms with E-state index in [0.29, 0.717) is 28.5 Å². The molecule has 1 aromatic heterocycles. The van der Waals surface area contributed by atoms with E-state index in [4.69, 9.17) is 21.1 Å². The molecule has 3 heterocycles. The number of β-amino-alcohol motifs (C(OH)–C–C–N with tert-alkyl or cyclic N) is 1. The molecule has 362 valence electrons. The van der Waals surface area contributed by atoms with Crippen LogP contribution in [0.1, 0.15) is 94.9 Å². The number of aliphatic hydroxyl groups excluding tert-OH is 1. The molecule has 3 aliphatic rings. The summed E-state index contributed by atoms with van der Waals surface area (Å²) in [7, 11) is 0. The van der Waals surface area contributed by atoms with Gasteiger partial charge in [-0.1, -0.05) is 84.3 Å². The fourth-order valence-corrected chi connectivity index (χ4v) is 11.3. The topological polar surface area (TPSA) is 186 Å². The number of nitriles is 1. The Morgan fingerprint density at radius 1 is 1.00 bits per heavy atom. The number of carbonyl (C=O) groups is 4. The van der Waals surface area contributed by atoms with E-state index in [9.17, 15) is 29.5 Å². The highest BCUT2D eigenvalue weighted by atomic mass is 35.5. The zero-order valence-corrected chi connectivity index (χ0v) is 41.8. The number of nitrogens with one attached hydrogen (secondary N) is 3. The first-order valence-corrected chi connectivity index (χ1v) is 24.6. The van der Waals surface area contributed by atoms with Gasteiger partial charge in [-0.25, -0.2) is 4.98 Å². The third kappa shape index (κ3) is 11.2. The Hall–Kier alpha value is -5.53. The summed E-state index contributed by atoms with van der Waals surface area (Å²) < 4.78 is 12.3. The van der Waals surface area contributed by atoms with Crippen LogP contribution in [0, 0.1) is 40.4 Å². The lowest BCUT2D eigenvalue weighted by Crippen LogP contribution is -2.74. The molecule has 68 heavy (non-hydrogen) atoms. The van der Waals surface area contributed by atoms with E-state index >= 15 is 0 Å². The second-order valence-electron chi connectivity index (χ2n) is 20.7. The fourth-order valence-electron chi connectivity index (χ4n) is 10.3. The smallest absolute Gasteiger partial charge is 0.251 e. The van der Waals surface area contributed by atoms with E-state index in [1.807, 2.05) is 81.7 Å². The first-order chi connectivity index (χ1) is 32.2. The zero-order chi connectivity index (χ0) is 49.1. The molecule has 16 heteroatoms. The highest BCUT2D eigenvalue weighted by molar-refractivity contribution is 7.13. The number of nitrogens with zero attached hydrogens (tertiary/aromatic N) is 4. The highest BCUT2D eigenvalue weighted by Crippen LogP contribution is 2.55. The molecule has 1 saturated carbocycles. The molecule has 0 bridgehead atoms. The monoisotopic (exact) mass is 965 g/mol. The maximum atomic E-state index is 14.1. The lowest BCUT2D eigenvalue weighted by atomic mass is 9.49. The number of likely N-dealkylation sites (tertiary alicyclic amines) is 1. The molecule has 14 nitrogen and oxygen atoms in total. The summed E-state index contributed by atoms with van der Waals surface area (Å²) in [6.45, 7) is 17.8. The Morgan fingerprint density at radius 3 is 2.28 bits per heavy atom. The molecular weight excluding hydrogens is 902 g/mol. The Balaban J connectivity index is 0.842. The first kappa shape index (κ1) is 50.3. The minimum absolute atomic E-state index is 0.00848. The van der Waals surface area contributed by atoms with Gasteiger partial charge in [0.15, 0.2) is 0 Å². The van der Waals surface area contributed by atoms with Gasteiger partial charge in [-0.05, 0) is 78.6 Å². The van der Waals surface area contributed by atoms with Crippen molar-refractivity contribution in [2.75, 3.05) is 37.7 Å². The van der Waals surface area contributed by atoms with Crippen molar-refractivity contribution in [1.82, 2.24) is 25.8 Å². The van der Waals surface area contributed by atoms with Gasteiger partial charge in [-0.3, -0.25) is 19.2 Å². The van der Waals surface area contributed by atoms with Crippen molar-refractivity contribution in [3.8, 4) is 22.3 Å².